The van der Waals surface area contributed by atoms with E-state index in [1.54, 1.807) is 6.07 Å². The zero-order valence-corrected chi connectivity index (χ0v) is 12.6. The van der Waals surface area contributed by atoms with Crippen LogP contribution in [0.15, 0.2) is 12.1 Å². The number of nitrogens with zero attached hydrogens (tertiary/aromatic N) is 2. The highest BCUT2D eigenvalue weighted by Crippen LogP contribution is 2.29. The van der Waals surface area contributed by atoms with Crippen LogP contribution in [0, 0.1) is 5.82 Å². The summed E-state index contributed by atoms with van der Waals surface area (Å²) in [5, 5.41) is 0.110. The highest BCUT2D eigenvalue weighted by molar-refractivity contribution is 6.31. The van der Waals surface area contributed by atoms with Gasteiger partial charge in [0, 0.05) is 24.4 Å². The van der Waals surface area contributed by atoms with Crippen LogP contribution in [-0.2, 0) is 6.42 Å². The number of halogens is 3. The molecule has 19 heavy (non-hydrogen) atoms. The summed E-state index contributed by atoms with van der Waals surface area (Å²) >= 11 is 11.7. The van der Waals surface area contributed by atoms with E-state index in [0.717, 1.165) is 29.7 Å². The van der Waals surface area contributed by atoms with Gasteiger partial charge in [-0.05, 0) is 18.9 Å². The van der Waals surface area contributed by atoms with Crippen molar-refractivity contribution in [2.45, 2.75) is 39.2 Å². The number of imidazole rings is 1. The molecule has 0 fully saturated rings. The summed E-state index contributed by atoms with van der Waals surface area (Å²) in [7, 11) is 0. The van der Waals surface area contributed by atoms with E-state index in [0.29, 0.717) is 18.3 Å². The molecule has 0 unspecified atom stereocenters. The second kappa shape index (κ2) is 6.10. The molecule has 0 aliphatic carbocycles. The zero-order chi connectivity index (χ0) is 14.0. The average Bonchev–Trinajstić information content (AvgIpc) is 2.71. The fraction of sp³-hybridized carbons (Fsp3) is 0.500. The molecule has 104 valence electrons. The Bertz CT molecular complexity index is 576. The minimum absolute atomic E-state index is 0.110. The van der Waals surface area contributed by atoms with Crippen LogP contribution >= 0.6 is 23.2 Å². The molecule has 5 heteroatoms. The Balaban J connectivity index is 2.68. The normalized spacial score (nSPS) is 11.7. The number of fused-ring (bicyclic) bond motifs is 1. The molecule has 1 aromatic carbocycles. The van der Waals surface area contributed by atoms with Crippen LogP contribution in [0.1, 0.15) is 38.6 Å². The first-order valence-corrected chi connectivity index (χ1v) is 7.45. The molecule has 1 heterocycles. The quantitative estimate of drug-likeness (QED) is 0.713. The lowest BCUT2D eigenvalue weighted by Crippen LogP contribution is -2.11. The monoisotopic (exact) mass is 302 g/mol. The molecule has 0 spiro atoms. The lowest BCUT2D eigenvalue weighted by molar-refractivity contribution is 0.468. The Morgan fingerprint density at radius 2 is 2.00 bits per heavy atom. The minimum atomic E-state index is -0.404. The van der Waals surface area contributed by atoms with Gasteiger partial charge in [0.05, 0.1) is 16.1 Å². The van der Waals surface area contributed by atoms with Gasteiger partial charge in [-0.1, -0.05) is 25.4 Å². The van der Waals surface area contributed by atoms with Crippen LogP contribution in [0.2, 0.25) is 5.02 Å². The van der Waals surface area contributed by atoms with E-state index in [1.165, 1.54) is 6.07 Å². The predicted molar refractivity (Wildman–Crippen MR) is 78.7 cm³/mol. The first kappa shape index (κ1) is 14.6. The third-order valence-electron chi connectivity index (χ3n) is 3.43. The van der Waals surface area contributed by atoms with E-state index in [4.69, 9.17) is 23.2 Å². The van der Waals surface area contributed by atoms with Gasteiger partial charge in [-0.3, -0.25) is 0 Å². The Labute approximate surface area is 122 Å². The van der Waals surface area contributed by atoms with Crippen molar-refractivity contribution >= 4 is 34.2 Å². The Hall–Kier alpha value is -0.800. The van der Waals surface area contributed by atoms with E-state index in [-0.39, 0.29) is 5.02 Å². The largest absolute Gasteiger partial charge is 0.325 e. The van der Waals surface area contributed by atoms with Crippen molar-refractivity contribution in [2.24, 2.45) is 0 Å². The maximum Gasteiger partial charge on any atom is 0.144 e. The molecule has 1 aromatic heterocycles. The molecule has 0 saturated heterocycles. The molecule has 0 atom stereocenters. The van der Waals surface area contributed by atoms with Crippen molar-refractivity contribution in [3.05, 3.63) is 28.8 Å². The van der Waals surface area contributed by atoms with Crippen LogP contribution in [0.25, 0.3) is 11.0 Å². The maximum atomic E-state index is 13.7. The van der Waals surface area contributed by atoms with E-state index in [9.17, 15) is 4.39 Å². The number of benzene rings is 1. The van der Waals surface area contributed by atoms with Crippen molar-refractivity contribution in [1.82, 2.24) is 9.55 Å². The van der Waals surface area contributed by atoms with E-state index in [1.807, 2.05) is 0 Å². The van der Waals surface area contributed by atoms with Crippen LogP contribution in [0.3, 0.4) is 0 Å². The predicted octanol–water partition coefficient (Wildman–Crippen LogP) is 4.97. The molecule has 0 aliphatic rings. The Kier molecular flexibility index (Phi) is 4.69. The summed E-state index contributed by atoms with van der Waals surface area (Å²) in [6.07, 6.45) is 2.62. The molecule has 0 amide bonds. The third-order valence-corrected chi connectivity index (χ3v) is 3.91. The molecular formula is C14H17Cl2FN2. The van der Waals surface area contributed by atoms with Gasteiger partial charge in [0.25, 0.3) is 0 Å². The second-order valence-electron chi connectivity index (χ2n) is 4.56. The van der Waals surface area contributed by atoms with Crippen LogP contribution in [0.4, 0.5) is 4.39 Å². The summed E-state index contributed by atoms with van der Waals surface area (Å²) in [4.78, 5) is 4.55. The Morgan fingerprint density at radius 3 is 2.58 bits per heavy atom. The van der Waals surface area contributed by atoms with Crippen LogP contribution < -0.4 is 0 Å². The highest BCUT2D eigenvalue weighted by atomic mass is 35.5. The number of aryl methyl sites for hydroxylation is 1. The molecule has 0 bridgehead atoms. The smallest absolute Gasteiger partial charge is 0.144 e. The summed E-state index contributed by atoms with van der Waals surface area (Å²) in [6, 6.07) is 3.37. The van der Waals surface area contributed by atoms with E-state index < -0.39 is 5.82 Å². The van der Waals surface area contributed by atoms with Gasteiger partial charge < -0.3 is 4.57 Å². The van der Waals surface area contributed by atoms with Gasteiger partial charge in [0.15, 0.2) is 0 Å². The molecule has 0 aliphatic heterocycles. The number of rotatable bonds is 5. The van der Waals surface area contributed by atoms with Gasteiger partial charge in [-0.2, -0.15) is 0 Å². The summed E-state index contributed by atoms with van der Waals surface area (Å²) in [6.45, 7) is 4.24. The van der Waals surface area contributed by atoms with Gasteiger partial charge in [0.2, 0.25) is 0 Å². The van der Waals surface area contributed by atoms with Gasteiger partial charge in [-0.25, -0.2) is 9.37 Å². The third kappa shape index (κ3) is 2.72. The fourth-order valence-electron chi connectivity index (χ4n) is 2.46. The molecular weight excluding hydrogens is 286 g/mol. The molecule has 2 nitrogen and oxygen atoms in total. The van der Waals surface area contributed by atoms with Crippen molar-refractivity contribution in [3.63, 3.8) is 0 Å². The van der Waals surface area contributed by atoms with Gasteiger partial charge in [0.1, 0.15) is 11.6 Å². The van der Waals surface area contributed by atoms with Crippen molar-refractivity contribution in [3.8, 4) is 0 Å². The van der Waals surface area contributed by atoms with E-state index >= 15 is 0 Å². The van der Waals surface area contributed by atoms with Gasteiger partial charge >= 0.3 is 0 Å². The van der Waals surface area contributed by atoms with Crippen LogP contribution in [0.5, 0.6) is 0 Å². The summed E-state index contributed by atoms with van der Waals surface area (Å²) < 4.78 is 15.8. The number of alkyl halides is 1. The SMILES string of the molecule is CCC(CC)n1c(CCCl)nc2cc(Cl)c(F)cc21. The first-order chi connectivity index (χ1) is 9.12. The van der Waals surface area contributed by atoms with Crippen molar-refractivity contribution in [1.29, 1.82) is 0 Å². The van der Waals surface area contributed by atoms with Gasteiger partial charge in [-0.15, -0.1) is 11.6 Å². The standard InChI is InChI=1S/C14H17Cl2FN2/c1-3-9(4-2)19-13-8-11(17)10(16)7-12(13)18-14(19)5-6-15/h7-9H,3-6H2,1-2H3. The number of hydrogen-bond acceptors (Lipinski definition) is 1. The molecule has 0 radical (unpaired) electrons. The number of aromatic nitrogens is 2. The molecule has 2 rings (SSSR count). The summed E-state index contributed by atoms with van der Waals surface area (Å²) in [5.74, 6) is 0.999. The van der Waals surface area contributed by atoms with Crippen molar-refractivity contribution in [2.75, 3.05) is 5.88 Å². The highest BCUT2D eigenvalue weighted by Gasteiger charge is 2.18. The Morgan fingerprint density at radius 1 is 1.32 bits per heavy atom. The fourth-order valence-corrected chi connectivity index (χ4v) is 2.79. The zero-order valence-electron chi connectivity index (χ0n) is 11.1. The lowest BCUT2D eigenvalue weighted by Gasteiger charge is -2.18. The average molecular weight is 303 g/mol. The van der Waals surface area contributed by atoms with Crippen molar-refractivity contribution < 1.29 is 4.39 Å². The first-order valence-electron chi connectivity index (χ1n) is 6.54. The van der Waals surface area contributed by atoms with Crippen LogP contribution in [-0.4, -0.2) is 15.4 Å². The lowest BCUT2D eigenvalue weighted by atomic mass is 10.1. The topological polar surface area (TPSA) is 17.8 Å². The molecule has 0 N–H and O–H groups in total. The van der Waals surface area contributed by atoms with E-state index in [2.05, 4.69) is 23.4 Å². The minimum Gasteiger partial charge on any atom is -0.325 e. The summed E-state index contributed by atoms with van der Waals surface area (Å²) in [5.41, 5.74) is 1.54. The number of hydrogen-bond donors (Lipinski definition) is 0. The maximum absolute atomic E-state index is 13.7. The second-order valence-corrected chi connectivity index (χ2v) is 5.35. The molecule has 0 saturated carbocycles. The molecule has 2 aromatic rings.